The van der Waals surface area contributed by atoms with Crippen LogP contribution in [0.25, 0.3) is 0 Å². The lowest BCUT2D eigenvalue weighted by Crippen LogP contribution is -2.41. The van der Waals surface area contributed by atoms with Gasteiger partial charge in [0.2, 0.25) is 0 Å². The summed E-state index contributed by atoms with van der Waals surface area (Å²) in [7, 11) is 0. The Morgan fingerprint density at radius 3 is 2.76 bits per heavy atom. The standard InChI is InChI=1S/C21H32N6O2/c1-15(2)4-7-27-18-5-6-25(14-19-22-12-16(3)23-19)13-17(18)20(24-27)21(28)26-8-10-29-11-9-26/h12,15H,4-11,13-14H2,1-3H3,(H,22,23). The van der Waals surface area contributed by atoms with E-state index in [9.17, 15) is 4.79 Å². The monoisotopic (exact) mass is 400 g/mol. The number of fused-ring (bicyclic) bond motifs is 1. The van der Waals surface area contributed by atoms with Gasteiger partial charge in [0.1, 0.15) is 5.82 Å². The summed E-state index contributed by atoms with van der Waals surface area (Å²) in [6, 6.07) is 0. The summed E-state index contributed by atoms with van der Waals surface area (Å²) in [5, 5.41) is 4.82. The number of hydrogen-bond donors (Lipinski definition) is 1. The third-order valence-corrected chi connectivity index (χ3v) is 5.76. The molecule has 2 aliphatic heterocycles. The van der Waals surface area contributed by atoms with Crippen molar-refractivity contribution in [2.75, 3.05) is 32.8 Å². The molecule has 8 nitrogen and oxygen atoms in total. The van der Waals surface area contributed by atoms with Crippen molar-refractivity contribution < 1.29 is 9.53 Å². The van der Waals surface area contributed by atoms with Crippen LogP contribution in [-0.2, 0) is 30.8 Å². The molecule has 2 aromatic rings. The number of nitrogens with one attached hydrogen (secondary N) is 1. The number of carbonyl (C=O) groups excluding carboxylic acids is 1. The maximum atomic E-state index is 13.2. The van der Waals surface area contributed by atoms with Crippen LogP contribution in [0, 0.1) is 12.8 Å². The Labute approximate surface area is 172 Å². The molecule has 1 fully saturated rings. The van der Waals surface area contributed by atoms with Gasteiger partial charge in [-0.3, -0.25) is 14.4 Å². The van der Waals surface area contributed by atoms with Gasteiger partial charge in [0.15, 0.2) is 5.69 Å². The second kappa shape index (κ2) is 8.67. The Hall–Kier alpha value is -2.19. The van der Waals surface area contributed by atoms with E-state index in [0.717, 1.165) is 56.1 Å². The predicted molar refractivity (Wildman–Crippen MR) is 110 cm³/mol. The van der Waals surface area contributed by atoms with Gasteiger partial charge < -0.3 is 14.6 Å². The van der Waals surface area contributed by atoms with Crippen LogP contribution in [0.5, 0.6) is 0 Å². The summed E-state index contributed by atoms with van der Waals surface area (Å²) in [5.41, 5.74) is 4.03. The minimum atomic E-state index is 0.0449. The smallest absolute Gasteiger partial charge is 0.274 e. The van der Waals surface area contributed by atoms with E-state index >= 15 is 0 Å². The molecule has 0 unspecified atom stereocenters. The number of ether oxygens (including phenoxy) is 1. The normalized spacial score (nSPS) is 17.7. The third-order valence-electron chi connectivity index (χ3n) is 5.76. The van der Waals surface area contributed by atoms with Crippen molar-refractivity contribution in [2.45, 2.75) is 53.2 Å². The van der Waals surface area contributed by atoms with Gasteiger partial charge in [-0.05, 0) is 19.3 Å². The molecule has 158 valence electrons. The van der Waals surface area contributed by atoms with Crippen LogP contribution < -0.4 is 0 Å². The maximum absolute atomic E-state index is 13.2. The van der Waals surface area contributed by atoms with Gasteiger partial charge in [0, 0.05) is 62.3 Å². The van der Waals surface area contributed by atoms with E-state index < -0.39 is 0 Å². The number of imidazole rings is 1. The number of nitrogens with zero attached hydrogens (tertiary/aromatic N) is 5. The highest BCUT2D eigenvalue weighted by Crippen LogP contribution is 2.25. The molecule has 0 radical (unpaired) electrons. The van der Waals surface area contributed by atoms with Gasteiger partial charge in [0.05, 0.1) is 19.8 Å². The zero-order chi connectivity index (χ0) is 20.4. The summed E-state index contributed by atoms with van der Waals surface area (Å²) in [6.45, 7) is 12.3. The van der Waals surface area contributed by atoms with E-state index in [4.69, 9.17) is 9.84 Å². The Kier molecular flexibility index (Phi) is 6.01. The van der Waals surface area contributed by atoms with Crippen molar-refractivity contribution >= 4 is 5.91 Å². The average molecular weight is 401 g/mol. The van der Waals surface area contributed by atoms with Crippen LogP contribution in [0.1, 0.15) is 53.5 Å². The van der Waals surface area contributed by atoms with E-state index in [-0.39, 0.29) is 5.91 Å². The quantitative estimate of drug-likeness (QED) is 0.802. The molecule has 1 saturated heterocycles. The lowest BCUT2D eigenvalue weighted by atomic mass is 10.0. The average Bonchev–Trinajstić information content (AvgIpc) is 3.29. The Bertz CT molecular complexity index is 849. The van der Waals surface area contributed by atoms with E-state index in [1.165, 1.54) is 5.69 Å². The lowest BCUT2D eigenvalue weighted by Gasteiger charge is -2.29. The topological polar surface area (TPSA) is 79.3 Å². The van der Waals surface area contributed by atoms with Crippen LogP contribution in [0.2, 0.25) is 0 Å². The van der Waals surface area contributed by atoms with Gasteiger partial charge in [-0.2, -0.15) is 5.10 Å². The fourth-order valence-corrected chi connectivity index (χ4v) is 4.09. The maximum Gasteiger partial charge on any atom is 0.274 e. The Balaban J connectivity index is 1.58. The number of aromatic amines is 1. The predicted octanol–water partition coefficient (Wildman–Crippen LogP) is 1.99. The number of amides is 1. The molecule has 0 spiro atoms. The second-order valence-electron chi connectivity index (χ2n) is 8.56. The summed E-state index contributed by atoms with van der Waals surface area (Å²) in [6.07, 6.45) is 3.84. The minimum Gasteiger partial charge on any atom is -0.378 e. The molecule has 2 aromatic heterocycles. The molecule has 0 atom stereocenters. The number of aryl methyl sites for hydroxylation is 2. The van der Waals surface area contributed by atoms with Gasteiger partial charge in [0.25, 0.3) is 5.91 Å². The van der Waals surface area contributed by atoms with Gasteiger partial charge in [-0.25, -0.2) is 4.98 Å². The first kappa shape index (κ1) is 20.1. The molecule has 8 heteroatoms. The molecular formula is C21H32N6O2. The minimum absolute atomic E-state index is 0.0449. The number of morpholine rings is 1. The molecule has 0 aliphatic carbocycles. The molecule has 0 bridgehead atoms. The van der Waals surface area contributed by atoms with Crippen LogP contribution in [0.4, 0.5) is 0 Å². The van der Waals surface area contributed by atoms with E-state index in [2.05, 4.69) is 33.4 Å². The summed E-state index contributed by atoms with van der Waals surface area (Å²) >= 11 is 0. The Morgan fingerprint density at radius 2 is 2.07 bits per heavy atom. The van der Waals surface area contributed by atoms with Gasteiger partial charge >= 0.3 is 0 Å². The molecule has 0 aromatic carbocycles. The number of H-pyrrole nitrogens is 1. The van der Waals surface area contributed by atoms with Crippen LogP contribution >= 0.6 is 0 Å². The van der Waals surface area contributed by atoms with Crippen molar-refractivity contribution in [1.82, 2.24) is 29.5 Å². The van der Waals surface area contributed by atoms with Crippen LogP contribution in [-0.4, -0.2) is 68.3 Å². The van der Waals surface area contributed by atoms with Gasteiger partial charge in [-0.1, -0.05) is 13.8 Å². The van der Waals surface area contributed by atoms with Gasteiger partial charge in [-0.15, -0.1) is 0 Å². The van der Waals surface area contributed by atoms with Crippen molar-refractivity contribution in [3.05, 3.63) is 34.7 Å². The van der Waals surface area contributed by atoms with Crippen molar-refractivity contribution in [3.63, 3.8) is 0 Å². The number of aromatic nitrogens is 4. The SMILES string of the molecule is Cc1cnc(CN2CCc3c(c(C(=O)N4CCOCC4)nn3CCC(C)C)C2)[nH]1. The molecule has 0 saturated carbocycles. The fourth-order valence-electron chi connectivity index (χ4n) is 4.09. The van der Waals surface area contributed by atoms with E-state index in [1.54, 1.807) is 0 Å². The summed E-state index contributed by atoms with van der Waals surface area (Å²) in [4.78, 5) is 25.2. The summed E-state index contributed by atoms with van der Waals surface area (Å²) in [5.74, 6) is 1.62. The third kappa shape index (κ3) is 4.53. The largest absolute Gasteiger partial charge is 0.378 e. The molecule has 2 aliphatic rings. The van der Waals surface area contributed by atoms with E-state index in [1.807, 2.05) is 18.0 Å². The second-order valence-corrected chi connectivity index (χ2v) is 8.56. The first-order valence-corrected chi connectivity index (χ1v) is 10.7. The number of rotatable bonds is 6. The molecular weight excluding hydrogens is 368 g/mol. The molecule has 29 heavy (non-hydrogen) atoms. The highest BCUT2D eigenvalue weighted by Gasteiger charge is 2.31. The molecule has 1 amide bonds. The molecule has 4 heterocycles. The van der Waals surface area contributed by atoms with Crippen molar-refractivity contribution in [1.29, 1.82) is 0 Å². The van der Waals surface area contributed by atoms with Crippen molar-refractivity contribution in [2.24, 2.45) is 5.92 Å². The zero-order valence-electron chi connectivity index (χ0n) is 17.8. The first-order valence-electron chi connectivity index (χ1n) is 10.7. The van der Waals surface area contributed by atoms with Crippen molar-refractivity contribution in [3.8, 4) is 0 Å². The Morgan fingerprint density at radius 1 is 1.28 bits per heavy atom. The first-order chi connectivity index (χ1) is 14.0. The zero-order valence-corrected chi connectivity index (χ0v) is 17.8. The fraction of sp³-hybridized carbons (Fsp3) is 0.667. The number of hydrogen-bond acceptors (Lipinski definition) is 5. The molecule has 4 rings (SSSR count). The number of carbonyl (C=O) groups is 1. The van der Waals surface area contributed by atoms with E-state index in [0.29, 0.717) is 37.9 Å². The lowest BCUT2D eigenvalue weighted by molar-refractivity contribution is 0.0297. The van der Waals surface area contributed by atoms with Crippen LogP contribution in [0.15, 0.2) is 6.20 Å². The summed E-state index contributed by atoms with van der Waals surface area (Å²) < 4.78 is 7.51. The molecule has 1 N–H and O–H groups in total. The van der Waals surface area contributed by atoms with Crippen LogP contribution in [0.3, 0.4) is 0 Å². The highest BCUT2D eigenvalue weighted by molar-refractivity contribution is 5.94. The highest BCUT2D eigenvalue weighted by atomic mass is 16.5.